The van der Waals surface area contributed by atoms with Gasteiger partial charge >= 0.3 is 5.97 Å². The number of rotatable bonds is 6. The van der Waals surface area contributed by atoms with Crippen LogP contribution in [0.15, 0.2) is 84.9 Å². The molecule has 0 saturated carbocycles. The van der Waals surface area contributed by atoms with Crippen LogP contribution in [0.1, 0.15) is 21.5 Å². The molecule has 0 atom stereocenters. The van der Waals surface area contributed by atoms with Crippen molar-refractivity contribution in [1.29, 1.82) is 0 Å². The summed E-state index contributed by atoms with van der Waals surface area (Å²) in [5.74, 6) is -1.05. The van der Waals surface area contributed by atoms with Crippen molar-refractivity contribution in [2.24, 2.45) is 0 Å². The topological polar surface area (TPSA) is 43.4 Å². The first-order valence-corrected chi connectivity index (χ1v) is 9.12. The molecule has 0 fully saturated rings. The Morgan fingerprint density at radius 2 is 1.55 bits per heavy atom. The molecule has 5 heteroatoms. The maximum atomic E-state index is 13.7. The molecule has 3 aromatic rings. The summed E-state index contributed by atoms with van der Waals surface area (Å²) in [4.78, 5) is 24.2. The van der Waals surface area contributed by atoms with E-state index in [0.29, 0.717) is 11.3 Å². The number of ether oxygens (including phenoxy) is 1. The summed E-state index contributed by atoms with van der Waals surface area (Å²) in [6, 6.07) is 19.8. The summed E-state index contributed by atoms with van der Waals surface area (Å²) in [6.45, 7) is 0. The third-order valence-corrected chi connectivity index (χ3v) is 4.30. The van der Waals surface area contributed by atoms with Crippen LogP contribution in [0.25, 0.3) is 12.2 Å². The molecule has 29 heavy (non-hydrogen) atoms. The van der Waals surface area contributed by atoms with Gasteiger partial charge in [-0.05, 0) is 60.2 Å². The number of carbonyl (C=O) groups excluding carboxylic acids is 2. The normalized spacial score (nSPS) is 11.1. The first-order chi connectivity index (χ1) is 14.0. The lowest BCUT2D eigenvalue weighted by Gasteiger charge is -2.03. The molecule has 0 bridgehead atoms. The number of esters is 1. The summed E-state index contributed by atoms with van der Waals surface area (Å²) in [5, 5.41) is 0.222. The molecule has 0 N–H and O–H groups in total. The Hall–Kier alpha value is -3.50. The number of hydrogen-bond donors (Lipinski definition) is 0. The van der Waals surface area contributed by atoms with Crippen molar-refractivity contribution in [1.82, 2.24) is 0 Å². The van der Waals surface area contributed by atoms with Crippen LogP contribution in [0.3, 0.4) is 0 Å². The molecule has 144 valence electrons. The quantitative estimate of drug-likeness (QED) is 0.218. The number of ketones is 1. The smallest absolute Gasteiger partial charge is 0.336 e. The molecule has 0 unspecified atom stereocenters. The standard InChI is InChI=1S/C24H16ClFO3/c25-21-7-4-8-22(26)20(21)14-15-23(27)18-10-12-19(13-11-18)29-24(28)16-9-17-5-2-1-3-6-17/h1-16H. The molecular weight excluding hydrogens is 391 g/mol. The zero-order valence-corrected chi connectivity index (χ0v) is 16.0. The van der Waals surface area contributed by atoms with E-state index in [1.54, 1.807) is 12.1 Å². The minimum atomic E-state index is -0.526. The molecule has 3 aromatic carbocycles. The van der Waals surface area contributed by atoms with Crippen molar-refractivity contribution in [2.45, 2.75) is 0 Å². The van der Waals surface area contributed by atoms with Crippen molar-refractivity contribution in [3.05, 3.63) is 112 Å². The molecule has 3 rings (SSSR count). The minimum Gasteiger partial charge on any atom is -0.423 e. The maximum Gasteiger partial charge on any atom is 0.336 e. The Morgan fingerprint density at radius 1 is 0.828 bits per heavy atom. The van der Waals surface area contributed by atoms with Crippen molar-refractivity contribution in [2.75, 3.05) is 0 Å². The number of hydrogen-bond acceptors (Lipinski definition) is 3. The van der Waals surface area contributed by atoms with Gasteiger partial charge in [0.1, 0.15) is 11.6 Å². The van der Waals surface area contributed by atoms with Crippen molar-refractivity contribution in [3.63, 3.8) is 0 Å². The molecule has 0 heterocycles. The van der Waals surface area contributed by atoms with Gasteiger partial charge in [-0.3, -0.25) is 4.79 Å². The van der Waals surface area contributed by atoms with E-state index in [1.807, 2.05) is 30.3 Å². The van der Waals surface area contributed by atoms with E-state index in [1.165, 1.54) is 54.6 Å². The monoisotopic (exact) mass is 406 g/mol. The Bertz CT molecular complexity index is 1050. The first-order valence-electron chi connectivity index (χ1n) is 8.74. The fraction of sp³-hybridized carbons (Fsp3) is 0. The average molecular weight is 407 g/mol. The van der Waals surface area contributed by atoms with Gasteiger partial charge in [0.25, 0.3) is 0 Å². The van der Waals surface area contributed by atoms with Crippen LogP contribution in [0.5, 0.6) is 5.75 Å². The van der Waals surface area contributed by atoms with Gasteiger partial charge in [0.2, 0.25) is 0 Å². The number of benzene rings is 3. The van der Waals surface area contributed by atoms with Crippen molar-refractivity contribution in [3.8, 4) is 5.75 Å². The summed E-state index contributed by atoms with van der Waals surface area (Å²) in [7, 11) is 0. The summed E-state index contributed by atoms with van der Waals surface area (Å²) in [5.41, 5.74) is 1.40. The Kier molecular flexibility index (Phi) is 6.72. The predicted octanol–water partition coefficient (Wildman–Crippen LogP) is 5.99. The second-order valence-corrected chi connectivity index (χ2v) is 6.43. The maximum absolute atomic E-state index is 13.7. The van der Waals surface area contributed by atoms with E-state index >= 15 is 0 Å². The second-order valence-electron chi connectivity index (χ2n) is 6.02. The van der Waals surface area contributed by atoms with Gasteiger partial charge in [-0.2, -0.15) is 0 Å². The van der Waals surface area contributed by atoms with Crippen LogP contribution in [-0.2, 0) is 4.79 Å². The van der Waals surface area contributed by atoms with Crippen LogP contribution in [-0.4, -0.2) is 11.8 Å². The highest BCUT2D eigenvalue weighted by molar-refractivity contribution is 6.32. The van der Waals surface area contributed by atoms with Crippen LogP contribution in [0, 0.1) is 5.82 Å². The lowest BCUT2D eigenvalue weighted by molar-refractivity contribution is -0.128. The highest BCUT2D eigenvalue weighted by Gasteiger charge is 2.07. The van der Waals surface area contributed by atoms with Gasteiger partial charge in [0.05, 0.1) is 5.02 Å². The molecule has 0 aromatic heterocycles. The molecule has 0 radical (unpaired) electrons. The predicted molar refractivity (Wildman–Crippen MR) is 112 cm³/mol. The van der Waals surface area contributed by atoms with E-state index in [0.717, 1.165) is 5.56 Å². The Balaban J connectivity index is 1.62. The summed E-state index contributed by atoms with van der Waals surface area (Å²) >= 11 is 5.94. The fourth-order valence-corrected chi connectivity index (χ4v) is 2.72. The van der Waals surface area contributed by atoms with E-state index in [4.69, 9.17) is 16.3 Å². The largest absolute Gasteiger partial charge is 0.423 e. The summed E-state index contributed by atoms with van der Waals surface area (Å²) in [6.07, 6.45) is 5.56. The van der Waals surface area contributed by atoms with Crippen molar-refractivity contribution >= 4 is 35.5 Å². The molecule has 3 nitrogen and oxygen atoms in total. The molecular formula is C24H16ClFO3. The number of allylic oxidation sites excluding steroid dienone is 1. The van der Waals surface area contributed by atoms with Gasteiger partial charge in [-0.1, -0.05) is 48.0 Å². The molecule has 0 amide bonds. The third kappa shape index (κ3) is 5.74. The average Bonchev–Trinajstić information content (AvgIpc) is 2.73. The van der Waals surface area contributed by atoms with Gasteiger partial charge < -0.3 is 4.74 Å². The molecule has 0 aliphatic carbocycles. The molecule has 0 aliphatic rings. The van der Waals surface area contributed by atoms with Crippen LogP contribution < -0.4 is 4.74 Å². The van der Waals surface area contributed by atoms with E-state index in [9.17, 15) is 14.0 Å². The molecule has 0 saturated heterocycles. The molecule has 0 aliphatic heterocycles. The lowest BCUT2D eigenvalue weighted by atomic mass is 10.1. The van der Waals surface area contributed by atoms with E-state index in [2.05, 4.69) is 0 Å². The van der Waals surface area contributed by atoms with Gasteiger partial charge in [0.15, 0.2) is 5.78 Å². The fourth-order valence-electron chi connectivity index (χ4n) is 2.49. The second kappa shape index (κ2) is 9.62. The zero-order valence-electron chi connectivity index (χ0n) is 15.2. The SMILES string of the molecule is O=C(C=Cc1ccccc1)Oc1ccc(C(=O)C=Cc2c(F)cccc2Cl)cc1. The highest BCUT2D eigenvalue weighted by Crippen LogP contribution is 2.21. The first kappa shape index (κ1) is 20.2. The number of carbonyl (C=O) groups is 2. The third-order valence-electron chi connectivity index (χ3n) is 3.97. The van der Waals surface area contributed by atoms with Crippen molar-refractivity contribution < 1.29 is 18.7 Å². The minimum absolute atomic E-state index is 0.151. The lowest BCUT2D eigenvalue weighted by Crippen LogP contribution is -2.04. The van der Waals surface area contributed by atoms with Gasteiger partial charge in [-0.15, -0.1) is 0 Å². The van der Waals surface area contributed by atoms with Gasteiger partial charge in [-0.25, -0.2) is 9.18 Å². The molecule has 0 spiro atoms. The van der Waals surface area contributed by atoms with E-state index < -0.39 is 11.8 Å². The summed E-state index contributed by atoms with van der Waals surface area (Å²) < 4.78 is 19.0. The number of halogens is 2. The highest BCUT2D eigenvalue weighted by atomic mass is 35.5. The Labute approximate surface area is 172 Å². The van der Waals surface area contributed by atoms with Crippen LogP contribution in [0.4, 0.5) is 4.39 Å². The van der Waals surface area contributed by atoms with Crippen LogP contribution in [0.2, 0.25) is 5.02 Å². The van der Waals surface area contributed by atoms with Gasteiger partial charge in [0, 0.05) is 17.2 Å². The van der Waals surface area contributed by atoms with Crippen LogP contribution >= 0.6 is 11.6 Å². The Morgan fingerprint density at radius 3 is 2.24 bits per heavy atom. The zero-order chi connectivity index (χ0) is 20.6. The van der Waals surface area contributed by atoms with E-state index in [-0.39, 0.29) is 16.4 Å².